The Balaban J connectivity index is 1.66. The summed E-state index contributed by atoms with van der Waals surface area (Å²) >= 11 is 0. The minimum atomic E-state index is -0.659. The van der Waals surface area contributed by atoms with Crippen LogP contribution in [-0.4, -0.2) is 45.1 Å². The number of halogens is 1. The van der Waals surface area contributed by atoms with Gasteiger partial charge in [0.1, 0.15) is 6.33 Å². The molecule has 9 heteroatoms. The molecule has 0 bridgehead atoms. The highest BCUT2D eigenvalue weighted by Gasteiger charge is 2.17. The van der Waals surface area contributed by atoms with Gasteiger partial charge in [0.25, 0.3) is 5.78 Å². The molecule has 0 fully saturated rings. The van der Waals surface area contributed by atoms with Crippen LogP contribution in [0.3, 0.4) is 0 Å². The summed E-state index contributed by atoms with van der Waals surface area (Å²) in [6.45, 7) is 3.07. The van der Waals surface area contributed by atoms with Crippen molar-refractivity contribution in [3.8, 4) is 5.75 Å². The fraction of sp³-hybridized carbons (Fsp3) is 0.278. The Morgan fingerprint density at radius 3 is 2.74 bits per heavy atom. The van der Waals surface area contributed by atoms with Crippen LogP contribution in [0.25, 0.3) is 5.78 Å². The zero-order valence-electron chi connectivity index (χ0n) is 15.0. The number of ether oxygens (including phenoxy) is 2. The van der Waals surface area contributed by atoms with Crippen LogP contribution in [0.5, 0.6) is 5.75 Å². The number of aromatic nitrogens is 4. The van der Waals surface area contributed by atoms with Gasteiger partial charge in [-0.25, -0.2) is 13.9 Å². The first-order chi connectivity index (χ1) is 12.9. The maximum atomic E-state index is 13.7. The number of carbonyl (C=O) groups excluding carboxylic acids is 2. The number of esters is 1. The number of hydrogen-bond acceptors (Lipinski definition) is 7. The third kappa shape index (κ3) is 3.76. The molecule has 2 heterocycles. The molecular weight excluding hydrogens is 355 g/mol. The van der Waals surface area contributed by atoms with Crippen LogP contribution in [0.15, 0.2) is 24.5 Å². The highest BCUT2D eigenvalue weighted by molar-refractivity contribution is 5.98. The van der Waals surface area contributed by atoms with Gasteiger partial charge in [-0.15, -0.1) is 0 Å². The molecule has 0 atom stereocenters. The zero-order chi connectivity index (χ0) is 19.6. The standard InChI is InChI=1S/C18H17FN4O4/c1-10-13(11(2)23-18(22-10)20-9-21-23)7-17(25)27-8-15(24)12-4-5-16(26-3)14(19)6-12/h4-6,9H,7-8H2,1-3H3. The smallest absolute Gasteiger partial charge is 0.310 e. The fourth-order valence-corrected chi connectivity index (χ4v) is 2.68. The molecule has 3 aromatic rings. The van der Waals surface area contributed by atoms with E-state index in [-0.39, 0.29) is 17.7 Å². The summed E-state index contributed by atoms with van der Waals surface area (Å²) in [4.78, 5) is 32.6. The summed E-state index contributed by atoms with van der Waals surface area (Å²) in [5.74, 6) is -1.29. The minimum absolute atomic E-state index is 0.0329. The predicted octanol–water partition coefficient (Wildman–Crippen LogP) is 1.86. The number of rotatable bonds is 6. The number of hydrogen-bond donors (Lipinski definition) is 0. The van der Waals surface area contributed by atoms with Gasteiger partial charge in [-0.3, -0.25) is 9.59 Å². The van der Waals surface area contributed by atoms with Crippen molar-refractivity contribution in [2.24, 2.45) is 0 Å². The quantitative estimate of drug-likeness (QED) is 0.481. The molecule has 2 aromatic heterocycles. The number of methoxy groups -OCH3 is 1. The molecule has 0 N–H and O–H groups in total. The Morgan fingerprint density at radius 2 is 2.04 bits per heavy atom. The second-order valence-electron chi connectivity index (χ2n) is 5.84. The number of aryl methyl sites for hydroxylation is 2. The molecule has 1 aromatic carbocycles. The van der Waals surface area contributed by atoms with Crippen LogP contribution in [-0.2, 0) is 16.0 Å². The molecule has 3 rings (SSSR count). The van der Waals surface area contributed by atoms with Crippen molar-refractivity contribution in [1.29, 1.82) is 0 Å². The van der Waals surface area contributed by atoms with Gasteiger partial charge < -0.3 is 9.47 Å². The normalized spacial score (nSPS) is 10.8. The molecule has 0 saturated carbocycles. The fourth-order valence-electron chi connectivity index (χ4n) is 2.68. The Bertz CT molecular complexity index is 1030. The molecule has 0 aliphatic rings. The van der Waals surface area contributed by atoms with Gasteiger partial charge in [-0.1, -0.05) is 0 Å². The highest BCUT2D eigenvalue weighted by atomic mass is 19.1. The van der Waals surface area contributed by atoms with Crippen LogP contribution >= 0.6 is 0 Å². The first kappa shape index (κ1) is 18.4. The van der Waals surface area contributed by atoms with Crippen LogP contribution in [0, 0.1) is 19.7 Å². The number of benzene rings is 1. The van der Waals surface area contributed by atoms with E-state index in [9.17, 15) is 14.0 Å². The Labute approximate surface area is 154 Å². The lowest BCUT2D eigenvalue weighted by Gasteiger charge is -2.10. The SMILES string of the molecule is COc1ccc(C(=O)COC(=O)Cc2c(C)nc3ncnn3c2C)cc1F. The van der Waals surface area contributed by atoms with Gasteiger partial charge in [0.2, 0.25) is 0 Å². The van der Waals surface area contributed by atoms with Crippen molar-refractivity contribution in [3.63, 3.8) is 0 Å². The van der Waals surface area contributed by atoms with Crippen molar-refractivity contribution in [3.05, 3.63) is 52.9 Å². The maximum absolute atomic E-state index is 13.7. The minimum Gasteiger partial charge on any atom is -0.494 e. The number of fused-ring (bicyclic) bond motifs is 1. The van der Waals surface area contributed by atoms with Crippen LogP contribution < -0.4 is 4.74 Å². The Hall–Kier alpha value is -3.36. The van der Waals surface area contributed by atoms with Gasteiger partial charge in [-0.2, -0.15) is 10.1 Å². The molecule has 27 heavy (non-hydrogen) atoms. The third-order valence-electron chi connectivity index (χ3n) is 4.15. The first-order valence-electron chi connectivity index (χ1n) is 8.09. The second-order valence-corrected chi connectivity index (χ2v) is 5.84. The second kappa shape index (κ2) is 7.48. The summed E-state index contributed by atoms with van der Waals surface area (Å²) in [5, 5.41) is 4.05. The van der Waals surface area contributed by atoms with Crippen LogP contribution in [0.1, 0.15) is 27.3 Å². The van der Waals surface area contributed by atoms with Gasteiger partial charge in [0.15, 0.2) is 24.0 Å². The van der Waals surface area contributed by atoms with E-state index in [2.05, 4.69) is 15.1 Å². The average Bonchev–Trinajstić information content (AvgIpc) is 3.11. The molecule has 0 saturated heterocycles. The molecule has 0 aliphatic heterocycles. The van der Waals surface area contributed by atoms with Gasteiger partial charge in [0, 0.05) is 22.5 Å². The summed E-state index contributed by atoms with van der Waals surface area (Å²) in [6, 6.07) is 3.80. The number of carbonyl (C=O) groups is 2. The van der Waals surface area contributed by atoms with Crippen molar-refractivity contribution in [1.82, 2.24) is 19.6 Å². The highest BCUT2D eigenvalue weighted by Crippen LogP contribution is 2.18. The first-order valence-corrected chi connectivity index (χ1v) is 8.09. The maximum Gasteiger partial charge on any atom is 0.310 e. The topological polar surface area (TPSA) is 95.7 Å². The summed E-state index contributed by atoms with van der Waals surface area (Å²) in [6.07, 6.45) is 1.31. The van der Waals surface area contributed by atoms with Gasteiger partial charge in [0.05, 0.1) is 13.5 Å². The van der Waals surface area contributed by atoms with Crippen molar-refractivity contribution >= 4 is 17.5 Å². The Kier molecular flexibility index (Phi) is 5.11. The molecule has 0 spiro atoms. The van der Waals surface area contributed by atoms with E-state index in [0.717, 1.165) is 11.8 Å². The summed E-state index contributed by atoms with van der Waals surface area (Å²) < 4.78 is 25.1. The summed E-state index contributed by atoms with van der Waals surface area (Å²) in [7, 11) is 1.33. The number of Topliss-reactive ketones (excluding diaryl/α,β-unsaturated/α-hetero) is 1. The Morgan fingerprint density at radius 1 is 1.26 bits per heavy atom. The third-order valence-corrected chi connectivity index (χ3v) is 4.15. The molecular formula is C18H17FN4O4. The average molecular weight is 372 g/mol. The largest absolute Gasteiger partial charge is 0.494 e. The van der Waals surface area contributed by atoms with Crippen molar-refractivity contribution in [2.45, 2.75) is 20.3 Å². The van der Waals surface area contributed by atoms with E-state index in [4.69, 9.17) is 9.47 Å². The lowest BCUT2D eigenvalue weighted by molar-refractivity contribution is -0.141. The van der Waals surface area contributed by atoms with E-state index in [1.807, 2.05) is 0 Å². The molecule has 140 valence electrons. The predicted molar refractivity (Wildman–Crippen MR) is 92.2 cm³/mol. The van der Waals surface area contributed by atoms with Crippen molar-refractivity contribution < 1.29 is 23.5 Å². The van der Waals surface area contributed by atoms with Crippen molar-refractivity contribution in [2.75, 3.05) is 13.7 Å². The van der Waals surface area contributed by atoms with Gasteiger partial charge >= 0.3 is 5.97 Å². The van der Waals surface area contributed by atoms with Gasteiger partial charge in [-0.05, 0) is 32.0 Å². The molecule has 0 aliphatic carbocycles. The van der Waals surface area contributed by atoms with E-state index >= 15 is 0 Å². The van der Waals surface area contributed by atoms with Crippen LogP contribution in [0.2, 0.25) is 0 Å². The van der Waals surface area contributed by atoms with E-state index < -0.39 is 24.2 Å². The molecule has 0 unspecified atom stereocenters. The van der Waals surface area contributed by atoms with E-state index in [1.54, 1.807) is 13.8 Å². The monoisotopic (exact) mass is 372 g/mol. The molecule has 8 nitrogen and oxygen atoms in total. The van der Waals surface area contributed by atoms with E-state index in [1.165, 1.54) is 30.1 Å². The summed E-state index contributed by atoms with van der Waals surface area (Å²) in [5.41, 5.74) is 2.10. The lowest BCUT2D eigenvalue weighted by Crippen LogP contribution is -2.18. The number of ketones is 1. The van der Waals surface area contributed by atoms with Crippen LogP contribution in [0.4, 0.5) is 4.39 Å². The lowest BCUT2D eigenvalue weighted by atomic mass is 10.1. The molecule has 0 radical (unpaired) electrons. The number of nitrogens with zero attached hydrogens (tertiary/aromatic N) is 4. The zero-order valence-corrected chi connectivity index (χ0v) is 15.0. The molecule has 0 amide bonds. The van der Waals surface area contributed by atoms with E-state index in [0.29, 0.717) is 17.0 Å².